The van der Waals surface area contributed by atoms with Crippen molar-refractivity contribution in [2.45, 2.75) is 12.6 Å². The molecular weight excluding hydrogens is 449 g/mol. The molecule has 1 heterocycles. The molecule has 3 aromatic carbocycles. The number of fused-ring (bicyclic) bond motifs is 1. The highest BCUT2D eigenvalue weighted by atomic mass is 19.4. The number of aromatic amines is 1. The standard InChI is InChI=1S/C24H19F3N4O3/c1-34-18-7-2-4-14(10-18)11-21-19-9-8-17(13-20(19)22(32)31-30-21)29-23(33)28-16-6-3-5-15(12-16)24(25,26)27/h2-10,12-13H,11H2,1H3,(H,31,32)(H2,28,29,33). The lowest BCUT2D eigenvalue weighted by Gasteiger charge is -2.12. The molecule has 7 nitrogen and oxygen atoms in total. The Hall–Kier alpha value is -4.34. The predicted molar refractivity (Wildman–Crippen MR) is 122 cm³/mol. The summed E-state index contributed by atoms with van der Waals surface area (Å²) < 4.78 is 43.9. The van der Waals surface area contributed by atoms with E-state index in [-0.39, 0.29) is 5.69 Å². The topological polar surface area (TPSA) is 96.1 Å². The van der Waals surface area contributed by atoms with E-state index in [0.29, 0.717) is 34.3 Å². The third-order valence-electron chi connectivity index (χ3n) is 5.08. The van der Waals surface area contributed by atoms with E-state index in [1.165, 1.54) is 18.2 Å². The predicted octanol–water partition coefficient (Wildman–Crippen LogP) is 5.19. The highest BCUT2D eigenvalue weighted by Gasteiger charge is 2.30. The van der Waals surface area contributed by atoms with Crippen molar-refractivity contribution in [3.8, 4) is 5.75 Å². The zero-order valence-electron chi connectivity index (χ0n) is 17.9. The normalized spacial score (nSPS) is 11.3. The van der Waals surface area contributed by atoms with Crippen LogP contribution in [0.4, 0.5) is 29.3 Å². The van der Waals surface area contributed by atoms with Crippen LogP contribution in [0.15, 0.2) is 71.5 Å². The van der Waals surface area contributed by atoms with E-state index < -0.39 is 23.3 Å². The van der Waals surface area contributed by atoms with E-state index in [2.05, 4.69) is 20.8 Å². The number of aromatic nitrogens is 2. The number of ether oxygens (including phenoxy) is 1. The van der Waals surface area contributed by atoms with Crippen LogP contribution < -0.4 is 20.9 Å². The average Bonchev–Trinajstić information content (AvgIpc) is 2.81. The lowest BCUT2D eigenvalue weighted by atomic mass is 10.0. The van der Waals surface area contributed by atoms with Gasteiger partial charge in [-0.05, 0) is 48.0 Å². The highest BCUT2D eigenvalue weighted by molar-refractivity contribution is 6.01. The van der Waals surface area contributed by atoms with E-state index in [4.69, 9.17) is 4.74 Å². The van der Waals surface area contributed by atoms with Crippen molar-refractivity contribution in [1.29, 1.82) is 0 Å². The van der Waals surface area contributed by atoms with Crippen molar-refractivity contribution < 1.29 is 22.7 Å². The number of carbonyl (C=O) groups excluding carboxylic acids is 1. The first kappa shape index (κ1) is 22.8. The van der Waals surface area contributed by atoms with E-state index in [1.807, 2.05) is 24.3 Å². The minimum absolute atomic E-state index is 0.0178. The highest BCUT2D eigenvalue weighted by Crippen LogP contribution is 2.30. The summed E-state index contributed by atoms with van der Waals surface area (Å²) in [6.45, 7) is 0. The Morgan fingerprint density at radius 1 is 0.971 bits per heavy atom. The van der Waals surface area contributed by atoms with Crippen molar-refractivity contribution >= 4 is 28.2 Å². The van der Waals surface area contributed by atoms with Gasteiger partial charge in [0.05, 0.1) is 23.8 Å². The summed E-state index contributed by atoms with van der Waals surface area (Å²) in [5, 5.41) is 12.4. The smallest absolute Gasteiger partial charge is 0.416 e. The molecule has 34 heavy (non-hydrogen) atoms. The van der Waals surface area contributed by atoms with Gasteiger partial charge < -0.3 is 15.4 Å². The SMILES string of the molecule is COc1cccc(Cc2n[nH]c(=O)c3cc(NC(=O)Nc4cccc(C(F)(F)F)c4)ccc23)c1. The number of nitrogens with zero attached hydrogens (tertiary/aromatic N) is 1. The minimum atomic E-state index is -4.52. The number of carbonyl (C=O) groups is 1. The summed E-state index contributed by atoms with van der Waals surface area (Å²) in [6.07, 6.45) is -4.09. The van der Waals surface area contributed by atoms with Crippen molar-refractivity contribution in [3.05, 3.63) is 93.9 Å². The molecule has 10 heteroatoms. The molecule has 2 amide bonds. The first-order valence-corrected chi connectivity index (χ1v) is 10.1. The quantitative estimate of drug-likeness (QED) is 0.376. The first-order valence-electron chi connectivity index (χ1n) is 10.1. The number of urea groups is 1. The third kappa shape index (κ3) is 5.17. The zero-order valence-corrected chi connectivity index (χ0v) is 17.9. The summed E-state index contributed by atoms with van der Waals surface area (Å²) in [6, 6.07) is 15.7. The molecule has 3 N–H and O–H groups in total. The molecule has 0 aliphatic carbocycles. The van der Waals surface area contributed by atoms with E-state index in [9.17, 15) is 22.8 Å². The molecule has 174 valence electrons. The second-order valence-corrected chi connectivity index (χ2v) is 7.45. The Balaban J connectivity index is 1.55. The lowest BCUT2D eigenvalue weighted by Crippen LogP contribution is -2.20. The lowest BCUT2D eigenvalue weighted by molar-refractivity contribution is -0.137. The van der Waals surface area contributed by atoms with Crippen LogP contribution in [0.1, 0.15) is 16.8 Å². The summed E-state index contributed by atoms with van der Waals surface area (Å²) in [5.41, 5.74) is 0.521. The molecule has 0 saturated carbocycles. The number of hydrogen-bond acceptors (Lipinski definition) is 4. The number of methoxy groups -OCH3 is 1. The molecule has 4 rings (SSSR count). The van der Waals surface area contributed by atoms with Crippen LogP contribution in [-0.4, -0.2) is 23.3 Å². The fraction of sp³-hybridized carbons (Fsp3) is 0.125. The molecule has 0 unspecified atom stereocenters. The van der Waals surface area contributed by atoms with Gasteiger partial charge in [0.25, 0.3) is 5.56 Å². The summed E-state index contributed by atoms with van der Waals surface area (Å²) in [5.74, 6) is 0.699. The molecule has 0 bridgehead atoms. The van der Waals surface area contributed by atoms with E-state index in [1.54, 1.807) is 19.2 Å². The molecule has 0 aliphatic rings. The van der Waals surface area contributed by atoms with Crippen LogP contribution in [0.2, 0.25) is 0 Å². The van der Waals surface area contributed by atoms with Gasteiger partial charge in [-0.2, -0.15) is 18.3 Å². The monoisotopic (exact) mass is 468 g/mol. The van der Waals surface area contributed by atoms with Crippen LogP contribution >= 0.6 is 0 Å². The summed E-state index contributed by atoms with van der Waals surface area (Å²) in [7, 11) is 1.57. The number of benzene rings is 3. The Bertz CT molecular complexity index is 1420. The van der Waals surface area contributed by atoms with E-state index in [0.717, 1.165) is 17.7 Å². The minimum Gasteiger partial charge on any atom is -0.497 e. The van der Waals surface area contributed by atoms with Gasteiger partial charge in [0, 0.05) is 23.2 Å². The van der Waals surface area contributed by atoms with Gasteiger partial charge >= 0.3 is 12.2 Å². The summed E-state index contributed by atoms with van der Waals surface area (Å²) in [4.78, 5) is 24.7. The number of anilines is 2. The van der Waals surface area contributed by atoms with Crippen LogP contribution in [-0.2, 0) is 12.6 Å². The molecule has 0 radical (unpaired) electrons. The second kappa shape index (κ2) is 9.26. The maximum absolute atomic E-state index is 12.9. The van der Waals surface area contributed by atoms with Crippen LogP contribution in [0, 0.1) is 0 Å². The number of halogens is 3. The molecule has 0 atom stereocenters. The van der Waals surface area contributed by atoms with Crippen molar-refractivity contribution in [2.75, 3.05) is 17.7 Å². The maximum atomic E-state index is 12.9. The van der Waals surface area contributed by atoms with Crippen molar-refractivity contribution in [2.24, 2.45) is 0 Å². The number of amides is 2. The van der Waals surface area contributed by atoms with Gasteiger partial charge in [-0.1, -0.05) is 24.3 Å². The summed E-state index contributed by atoms with van der Waals surface area (Å²) >= 11 is 0. The average molecular weight is 468 g/mol. The fourth-order valence-corrected chi connectivity index (χ4v) is 3.48. The molecule has 0 fully saturated rings. The fourth-order valence-electron chi connectivity index (χ4n) is 3.48. The van der Waals surface area contributed by atoms with Gasteiger partial charge in [0.1, 0.15) is 5.75 Å². The Kier molecular flexibility index (Phi) is 6.22. The van der Waals surface area contributed by atoms with Crippen LogP contribution in [0.3, 0.4) is 0 Å². The van der Waals surface area contributed by atoms with Gasteiger partial charge in [-0.15, -0.1) is 0 Å². The maximum Gasteiger partial charge on any atom is 0.416 e. The molecular formula is C24H19F3N4O3. The molecule has 0 saturated heterocycles. The Morgan fingerprint density at radius 2 is 1.71 bits per heavy atom. The number of H-pyrrole nitrogens is 1. The molecule has 0 aliphatic heterocycles. The van der Waals surface area contributed by atoms with Gasteiger partial charge in [-0.25, -0.2) is 9.89 Å². The Labute approximate surface area is 191 Å². The Morgan fingerprint density at radius 3 is 2.44 bits per heavy atom. The number of nitrogens with one attached hydrogen (secondary N) is 3. The van der Waals surface area contributed by atoms with Crippen LogP contribution in [0.5, 0.6) is 5.75 Å². The van der Waals surface area contributed by atoms with Gasteiger partial charge in [0.15, 0.2) is 0 Å². The first-order chi connectivity index (χ1) is 16.2. The molecule has 1 aromatic heterocycles. The number of alkyl halides is 3. The molecule has 4 aromatic rings. The molecule has 0 spiro atoms. The van der Waals surface area contributed by atoms with Crippen molar-refractivity contribution in [1.82, 2.24) is 10.2 Å². The third-order valence-corrected chi connectivity index (χ3v) is 5.08. The largest absolute Gasteiger partial charge is 0.497 e. The number of rotatable bonds is 5. The number of hydrogen-bond donors (Lipinski definition) is 3. The zero-order chi connectivity index (χ0) is 24.3. The van der Waals surface area contributed by atoms with Crippen LogP contribution in [0.25, 0.3) is 10.8 Å². The second-order valence-electron chi connectivity index (χ2n) is 7.45. The van der Waals surface area contributed by atoms with Crippen molar-refractivity contribution in [3.63, 3.8) is 0 Å². The van der Waals surface area contributed by atoms with Gasteiger partial charge in [0.2, 0.25) is 0 Å². The van der Waals surface area contributed by atoms with E-state index >= 15 is 0 Å². The van der Waals surface area contributed by atoms with Gasteiger partial charge in [-0.3, -0.25) is 4.79 Å².